The summed E-state index contributed by atoms with van der Waals surface area (Å²) in [4.78, 5) is 27.5. The molecule has 8 heteroatoms. The summed E-state index contributed by atoms with van der Waals surface area (Å²) in [5.74, 6) is 0.364. The molecule has 2 aromatic heterocycles. The third-order valence-electron chi connectivity index (χ3n) is 4.49. The Morgan fingerprint density at radius 2 is 1.96 bits per heavy atom. The van der Waals surface area contributed by atoms with E-state index in [1.54, 1.807) is 4.57 Å². The summed E-state index contributed by atoms with van der Waals surface area (Å²) < 4.78 is 3.10. The third kappa shape index (κ3) is 3.80. The zero-order valence-electron chi connectivity index (χ0n) is 15.5. The summed E-state index contributed by atoms with van der Waals surface area (Å²) >= 11 is 1.51. The van der Waals surface area contributed by atoms with Gasteiger partial charge in [-0.2, -0.15) is 0 Å². The van der Waals surface area contributed by atoms with Crippen molar-refractivity contribution >= 4 is 27.2 Å². The van der Waals surface area contributed by atoms with Crippen molar-refractivity contribution in [3.8, 4) is 0 Å². The molecule has 0 saturated carbocycles. The highest BCUT2D eigenvalue weighted by atomic mass is 32.1. The van der Waals surface area contributed by atoms with Crippen molar-refractivity contribution in [3.63, 3.8) is 0 Å². The molecule has 1 atom stereocenters. The Bertz CT molecular complexity index is 836. The molecular weight excluding hydrogens is 338 g/mol. The lowest BCUT2D eigenvalue weighted by molar-refractivity contribution is 0.453. The summed E-state index contributed by atoms with van der Waals surface area (Å²) in [6.45, 7) is 8.93. The second-order valence-electron chi connectivity index (χ2n) is 6.25. The number of thiophene rings is 1. The van der Waals surface area contributed by atoms with Crippen LogP contribution in [0.5, 0.6) is 0 Å². The minimum atomic E-state index is -0.217. The molecule has 140 valence electrons. The van der Waals surface area contributed by atoms with E-state index in [0.29, 0.717) is 44.0 Å². The van der Waals surface area contributed by atoms with E-state index in [9.17, 15) is 9.59 Å². The van der Waals surface area contributed by atoms with Gasteiger partial charge in [0.15, 0.2) is 0 Å². The van der Waals surface area contributed by atoms with Crippen molar-refractivity contribution in [2.45, 2.75) is 46.8 Å². The number of nitrogens with one attached hydrogen (secondary N) is 2. The van der Waals surface area contributed by atoms with Crippen molar-refractivity contribution in [1.82, 2.24) is 14.5 Å². The highest BCUT2D eigenvalue weighted by molar-refractivity contribution is 7.19. The quantitative estimate of drug-likeness (QED) is 0.582. The Morgan fingerprint density at radius 1 is 1.24 bits per heavy atom. The van der Waals surface area contributed by atoms with Gasteiger partial charge in [0.2, 0.25) is 0 Å². The van der Waals surface area contributed by atoms with Crippen LogP contribution in [-0.4, -0.2) is 29.3 Å². The number of nitrogens with zero attached hydrogens (tertiary/aromatic N) is 2. The minimum Gasteiger partial charge on any atom is -0.386 e. The monoisotopic (exact) mass is 367 g/mol. The van der Waals surface area contributed by atoms with Crippen LogP contribution in [0.25, 0.3) is 10.2 Å². The topological polar surface area (TPSA) is 94.1 Å². The van der Waals surface area contributed by atoms with Gasteiger partial charge in [-0.25, -0.2) is 4.79 Å². The number of rotatable bonds is 9. The standard InChI is InChI=1S/C17H29N5O2S/c1-5-11(3)10-22-16-13(15(23)21(6-2)17(22)24)14(19-4)12(25-16)9-20-8-7-18/h11,19-20H,5-10,18H2,1-4H3. The highest BCUT2D eigenvalue weighted by Crippen LogP contribution is 2.33. The summed E-state index contributed by atoms with van der Waals surface area (Å²) in [6.07, 6.45) is 0.981. The van der Waals surface area contributed by atoms with Crippen LogP contribution >= 0.6 is 11.3 Å². The van der Waals surface area contributed by atoms with Gasteiger partial charge in [-0.3, -0.25) is 13.9 Å². The Kier molecular flexibility index (Phi) is 6.80. The van der Waals surface area contributed by atoms with Gasteiger partial charge < -0.3 is 16.4 Å². The van der Waals surface area contributed by atoms with E-state index >= 15 is 0 Å². The fourth-order valence-corrected chi connectivity index (χ4v) is 4.15. The Balaban J connectivity index is 2.73. The Labute approximate surface area is 151 Å². The van der Waals surface area contributed by atoms with Gasteiger partial charge >= 0.3 is 5.69 Å². The second-order valence-corrected chi connectivity index (χ2v) is 7.34. The van der Waals surface area contributed by atoms with E-state index in [-0.39, 0.29) is 11.2 Å². The molecule has 0 fully saturated rings. The lowest BCUT2D eigenvalue weighted by atomic mass is 10.1. The molecule has 0 bridgehead atoms. The molecule has 0 aliphatic rings. The number of nitrogens with two attached hydrogens (primary N) is 1. The first-order chi connectivity index (χ1) is 12.0. The van der Waals surface area contributed by atoms with E-state index in [2.05, 4.69) is 24.5 Å². The zero-order chi connectivity index (χ0) is 18.6. The first-order valence-corrected chi connectivity index (χ1v) is 9.69. The SMILES string of the molecule is CCC(C)Cn1c(=O)n(CC)c(=O)c2c(NC)c(CNCCN)sc21. The second kappa shape index (κ2) is 8.64. The lowest BCUT2D eigenvalue weighted by Gasteiger charge is -2.14. The molecule has 0 radical (unpaired) electrons. The first-order valence-electron chi connectivity index (χ1n) is 8.87. The molecule has 2 aromatic rings. The summed E-state index contributed by atoms with van der Waals surface area (Å²) in [5.41, 5.74) is 5.92. The minimum absolute atomic E-state index is 0.214. The molecule has 0 aliphatic carbocycles. The molecule has 4 N–H and O–H groups in total. The molecule has 7 nitrogen and oxygen atoms in total. The molecule has 0 saturated heterocycles. The zero-order valence-corrected chi connectivity index (χ0v) is 16.3. The van der Waals surface area contributed by atoms with Gasteiger partial charge in [-0.05, 0) is 12.8 Å². The van der Waals surface area contributed by atoms with Crippen LogP contribution in [0.3, 0.4) is 0 Å². The summed E-state index contributed by atoms with van der Waals surface area (Å²) in [7, 11) is 1.81. The molecular formula is C17H29N5O2S. The third-order valence-corrected chi connectivity index (χ3v) is 5.71. The Morgan fingerprint density at radius 3 is 2.52 bits per heavy atom. The van der Waals surface area contributed by atoms with Crippen molar-refractivity contribution in [1.29, 1.82) is 0 Å². The molecule has 0 amide bonds. The average molecular weight is 368 g/mol. The number of anilines is 1. The van der Waals surface area contributed by atoms with Crippen molar-refractivity contribution in [2.24, 2.45) is 11.7 Å². The molecule has 1 unspecified atom stereocenters. The van der Waals surface area contributed by atoms with Gasteiger partial charge in [0.25, 0.3) is 5.56 Å². The largest absolute Gasteiger partial charge is 0.386 e. The number of aromatic nitrogens is 2. The summed E-state index contributed by atoms with van der Waals surface area (Å²) in [6, 6.07) is 0. The van der Waals surface area contributed by atoms with Gasteiger partial charge in [-0.15, -0.1) is 11.3 Å². The van der Waals surface area contributed by atoms with Crippen molar-refractivity contribution in [3.05, 3.63) is 25.7 Å². The maximum atomic E-state index is 12.9. The first kappa shape index (κ1) is 19.7. The average Bonchev–Trinajstić information content (AvgIpc) is 2.97. The van der Waals surface area contributed by atoms with Crippen LogP contribution in [0.15, 0.2) is 9.59 Å². The van der Waals surface area contributed by atoms with Gasteiger partial charge in [0, 0.05) is 44.6 Å². The smallest absolute Gasteiger partial charge is 0.332 e. The van der Waals surface area contributed by atoms with Gasteiger partial charge in [0.05, 0.1) is 11.1 Å². The number of hydrogen-bond acceptors (Lipinski definition) is 6. The maximum Gasteiger partial charge on any atom is 0.332 e. The predicted octanol–water partition coefficient (Wildman–Crippen LogP) is 1.38. The van der Waals surface area contributed by atoms with E-state index in [0.717, 1.165) is 21.8 Å². The van der Waals surface area contributed by atoms with Crippen LogP contribution in [0.2, 0.25) is 0 Å². The van der Waals surface area contributed by atoms with Crippen LogP contribution < -0.4 is 27.6 Å². The van der Waals surface area contributed by atoms with Crippen LogP contribution in [0, 0.1) is 5.92 Å². The fourth-order valence-electron chi connectivity index (χ4n) is 2.88. The molecule has 0 spiro atoms. The van der Waals surface area contributed by atoms with Gasteiger partial charge in [0.1, 0.15) is 4.83 Å². The van der Waals surface area contributed by atoms with E-state index in [4.69, 9.17) is 5.73 Å². The lowest BCUT2D eigenvalue weighted by Crippen LogP contribution is -2.40. The predicted molar refractivity (Wildman–Crippen MR) is 106 cm³/mol. The van der Waals surface area contributed by atoms with Crippen LogP contribution in [0.1, 0.15) is 32.1 Å². The van der Waals surface area contributed by atoms with Crippen LogP contribution in [0.4, 0.5) is 5.69 Å². The van der Waals surface area contributed by atoms with Crippen LogP contribution in [-0.2, 0) is 19.6 Å². The van der Waals surface area contributed by atoms with E-state index in [1.807, 2.05) is 14.0 Å². The normalized spacial score (nSPS) is 12.7. The van der Waals surface area contributed by atoms with E-state index < -0.39 is 0 Å². The maximum absolute atomic E-state index is 12.9. The molecule has 2 heterocycles. The van der Waals surface area contributed by atoms with E-state index in [1.165, 1.54) is 15.9 Å². The molecule has 0 aromatic carbocycles. The molecule has 25 heavy (non-hydrogen) atoms. The fraction of sp³-hybridized carbons (Fsp3) is 0.647. The summed E-state index contributed by atoms with van der Waals surface area (Å²) in [5, 5.41) is 7.05. The number of fused-ring (bicyclic) bond motifs is 1. The highest BCUT2D eigenvalue weighted by Gasteiger charge is 2.21. The number of hydrogen-bond donors (Lipinski definition) is 3. The van der Waals surface area contributed by atoms with Crippen molar-refractivity contribution in [2.75, 3.05) is 25.5 Å². The molecule has 2 rings (SSSR count). The molecule has 0 aliphatic heterocycles. The van der Waals surface area contributed by atoms with Gasteiger partial charge in [-0.1, -0.05) is 20.3 Å². The van der Waals surface area contributed by atoms with Crippen molar-refractivity contribution < 1.29 is 0 Å². The Hall–Kier alpha value is -1.64.